The minimum atomic E-state index is 0.276. The topological polar surface area (TPSA) is 37.8 Å². The van der Waals surface area contributed by atoms with Crippen LogP contribution in [0.15, 0.2) is 29.8 Å². The van der Waals surface area contributed by atoms with Crippen LogP contribution < -0.4 is 5.32 Å². The van der Waals surface area contributed by atoms with Gasteiger partial charge in [0, 0.05) is 23.5 Å². The summed E-state index contributed by atoms with van der Waals surface area (Å²) in [6, 6.07) is 5.97. The van der Waals surface area contributed by atoms with Gasteiger partial charge in [-0.3, -0.25) is 4.98 Å². The normalized spacial score (nSPS) is 17.4. The predicted octanol–water partition coefficient (Wildman–Crippen LogP) is 2.85. The average molecular weight is 259 g/mol. The van der Waals surface area contributed by atoms with Crippen LogP contribution in [0.5, 0.6) is 0 Å². The van der Waals surface area contributed by atoms with Gasteiger partial charge in [-0.15, -0.1) is 11.3 Å². The number of thiazole rings is 1. The molecule has 0 radical (unpaired) electrons. The molecule has 2 aromatic heterocycles. The second-order valence-corrected chi connectivity index (χ2v) is 5.78. The molecule has 3 rings (SSSR count). The zero-order valence-electron chi connectivity index (χ0n) is 10.5. The Hall–Kier alpha value is -1.26. The highest BCUT2D eigenvalue weighted by Crippen LogP contribution is 2.44. The molecule has 1 aliphatic rings. The molecule has 3 nitrogen and oxygen atoms in total. The number of likely N-dealkylation sites (N-methyl/N-ethyl adjacent to an activating group) is 1. The van der Waals surface area contributed by atoms with Crippen molar-refractivity contribution in [1.29, 1.82) is 0 Å². The first-order valence-electron chi connectivity index (χ1n) is 6.36. The fourth-order valence-electron chi connectivity index (χ4n) is 2.59. The van der Waals surface area contributed by atoms with Crippen LogP contribution in [-0.2, 0) is 5.41 Å². The number of aromatic nitrogens is 2. The average Bonchev–Trinajstić information content (AvgIpc) is 2.84. The highest BCUT2D eigenvalue weighted by Gasteiger charge is 2.40. The van der Waals surface area contributed by atoms with Crippen molar-refractivity contribution in [3.63, 3.8) is 0 Å². The lowest BCUT2D eigenvalue weighted by atomic mass is 9.67. The first-order chi connectivity index (χ1) is 8.84. The zero-order valence-corrected chi connectivity index (χ0v) is 11.3. The summed E-state index contributed by atoms with van der Waals surface area (Å²) in [4.78, 5) is 9.18. The molecule has 2 heterocycles. The van der Waals surface area contributed by atoms with E-state index in [9.17, 15) is 0 Å². The Balaban J connectivity index is 1.90. The van der Waals surface area contributed by atoms with E-state index in [2.05, 4.69) is 15.7 Å². The SMILES string of the molecule is CNCC1(c2csc(-c3ccccn3)n2)CCC1. The second-order valence-electron chi connectivity index (χ2n) is 4.92. The lowest BCUT2D eigenvalue weighted by Crippen LogP contribution is -2.43. The smallest absolute Gasteiger partial charge is 0.142 e. The van der Waals surface area contributed by atoms with Crippen molar-refractivity contribution >= 4 is 11.3 Å². The predicted molar refractivity (Wildman–Crippen MR) is 74.8 cm³/mol. The van der Waals surface area contributed by atoms with Gasteiger partial charge in [0.25, 0.3) is 0 Å². The van der Waals surface area contributed by atoms with E-state index in [-0.39, 0.29) is 5.41 Å². The Morgan fingerprint density at radius 3 is 2.89 bits per heavy atom. The molecule has 0 bridgehead atoms. The van der Waals surface area contributed by atoms with Crippen molar-refractivity contribution < 1.29 is 0 Å². The van der Waals surface area contributed by atoms with Crippen molar-refractivity contribution in [3.05, 3.63) is 35.5 Å². The quantitative estimate of drug-likeness (QED) is 0.917. The van der Waals surface area contributed by atoms with E-state index >= 15 is 0 Å². The van der Waals surface area contributed by atoms with Crippen LogP contribution in [0.25, 0.3) is 10.7 Å². The van der Waals surface area contributed by atoms with E-state index in [4.69, 9.17) is 4.98 Å². The van der Waals surface area contributed by atoms with Crippen molar-refractivity contribution in [2.45, 2.75) is 24.7 Å². The fourth-order valence-corrected chi connectivity index (χ4v) is 3.51. The van der Waals surface area contributed by atoms with Gasteiger partial charge in [-0.2, -0.15) is 0 Å². The molecule has 0 aliphatic heterocycles. The van der Waals surface area contributed by atoms with E-state index < -0.39 is 0 Å². The van der Waals surface area contributed by atoms with Gasteiger partial charge in [0.1, 0.15) is 5.01 Å². The summed E-state index contributed by atoms with van der Waals surface area (Å²) in [5, 5.41) is 6.55. The van der Waals surface area contributed by atoms with Crippen LogP contribution in [0, 0.1) is 0 Å². The molecule has 0 aromatic carbocycles. The van der Waals surface area contributed by atoms with Gasteiger partial charge in [0.2, 0.25) is 0 Å². The van der Waals surface area contributed by atoms with Gasteiger partial charge in [0.15, 0.2) is 0 Å². The summed E-state index contributed by atoms with van der Waals surface area (Å²) in [7, 11) is 2.02. The Morgan fingerprint density at radius 1 is 1.39 bits per heavy atom. The highest BCUT2D eigenvalue weighted by molar-refractivity contribution is 7.13. The van der Waals surface area contributed by atoms with Crippen molar-refractivity contribution in [3.8, 4) is 10.7 Å². The first kappa shape index (κ1) is 11.8. The summed E-state index contributed by atoms with van der Waals surface area (Å²) in [5.41, 5.74) is 2.50. The van der Waals surface area contributed by atoms with Gasteiger partial charge >= 0.3 is 0 Å². The van der Waals surface area contributed by atoms with Crippen LogP contribution >= 0.6 is 11.3 Å². The molecule has 18 heavy (non-hydrogen) atoms. The molecular formula is C14H17N3S. The summed E-state index contributed by atoms with van der Waals surface area (Å²) < 4.78 is 0. The summed E-state index contributed by atoms with van der Waals surface area (Å²) >= 11 is 1.70. The van der Waals surface area contributed by atoms with Crippen LogP contribution in [0.2, 0.25) is 0 Å². The molecule has 94 valence electrons. The molecule has 1 fully saturated rings. The highest BCUT2D eigenvalue weighted by atomic mass is 32.1. The Morgan fingerprint density at radius 2 is 2.28 bits per heavy atom. The minimum absolute atomic E-state index is 0.276. The van der Waals surface area contributed by atoms with Crippen LogP contribution in [-0.4, -0.2) is 23.6 Å². The first-order valence-corrected chi connectivity index (χ1v) is 7.24. The molecule has 0 spiro atoms. The van der Waals surface area contributed by atoms with Crippen molar-refractivity contribution in [2.75, 3.05) is 13.6 Å². The number of rotatable bonds is 4. The van der Waals surface area contributed by atoms with Gasteiger partial charge in [-0.1, -0.05) is 12.5 Å². The van der Waals surface area contributed by atoms with Gasteiger partial charge in [-0.25, -0.2) is 4.98 Å². The van der Waals surface area contributed by atoms with E-state index in [1.54, 1.807) is 11.3 Å². The lowest BCUT2D eigenvalue weighted by Gasteiger charge is -2.40. The third kappa shape index (κ3) is 1.95. The van der Waals surface area contributed by atoms with Gasteiger partial charge in [0.05, 0.1) is 11.4 Å². The number of nitrogens with zero attached hydrogens (tertiary/aromatic N) is 2. The standard InChI is InChI=1S/C14H17N3S/c1-15-10-14(6-4-7-14)12-9-18-13(17-12)11-5-2-3-8-16-11/h2-3,5,8-9,15H,4,6-7,10H2,1H3. The molecular weight excluding hydrogens is 242 g/mol. The number of hydrogen-bond donors (Lipinski definition) is 1. The van der Waals surface area contributed by atoms with Crippen molar-refractivity contribution in [1.82, 2.24) is 15.3 Å². The molecule has 0 amide bonds. The molecule has 1 N–H and O–H groups in total. The largest absolute Gasteiger partial charge is 0.319 e. The monoisotopic (exact) mass is 259 g/mol. The van der Waals surface area contributed by atoms with E-state index in [0.717, 1.165) is 17.2 Å². The maximum Gasteiger partial charge on any atom is 0.142 e. The lowest BCUT2D eigenvalue weighted by molar-refractivity contribution is 0.233. The maximum atomic E-state index is 4.81. The number of nitrogens with one attached hydrogen (secondary N) is 1. The summed E-state index contributed by atoms with van der Waals surface area (Å²) in [5.74, 6) is 0. The summed E-state index contributed by atoms with van der Waals surface area (Å²) in [6.07, 6.45) is 5.64. The summed E-state index contributed by atoms with van der Waals surface area (Å²) in [6.45, 7) is 1.03. The van der Waals surface area contributed by atoms with Crippen LogP contribution in [0.4, 0.5) is 0 Å². The number of hydrogen-bond acceptors (Lipinski definition) is 4. The van der Waals surface area contributed by atoms with E-state index in [1.807, 2.05) is 31.4 Å². The molecule has 0 saturated heterocycles. The van der Waals surface area contributed by atoms with Crippen LogP contribution in [0.1, 0.15) is 25.0 Å². The fraction of sp³-hybridized carbons (Fsp3) is 0.429. The Kier molecular flexibility index (Phi) is 3.14. The Labute approximate surface area is 111 Å². The molecule has 1 aliphatic carbocycles. The third-order valence-electron chi connectivity index (χ3n) is 3.76. The molecule has 2 aromatic rings. The third-order valence-corrected chi connectivity index (χ3v) is 4.62. The molecule has 0 unspecified atom stereocenters. The van der Waals surface area contributed by atoms with Gasteiger partial charge < -0.3 is 5.32 Å². The van der Waals surface area contributed by atoms with E-state index in [0.29, 0.717) is 0 Å². The van der Waals surface area contributed by atoms with Crippen LogP contribution in [0.3, 0.4) is 0 Å². The van der Waals surface area contributed by atoms with E-state index in [1.165, 1.54) is 25.0 Å². The molecule has 4 heteroatoms. The minimum Gasteiger partial charge on any atom is -0.319 e. The molecule has 1 saturated carbocycles. The van der Waals surface area contributed by atoms with Crippen molar-refractivity contribution in [2.24, 2.45) is 0 Å². The van der Waals surface area contributed by atoms with Gasteiger partial charge in [-0.05, 0) is 32.0 Å². The maximum absolute atomic E-state index is 4.81. The number of pyridine rings is 1. The second kappa shape index (κ2) is 4.78. The zero-order chi connectivity index (χ0) is 12.4. The molecule has 0 atom stereocenters. The Bertz CT molecular complexity index is 517.